The van der Waals surface area contributed by atoms with Gasteiger partial charge in [-0.25, -0.2) is 0 Å². The van der Waals surface area contributed by atoms with Crippen LogP contribution >= 0.6 is 0 Å². The quantitative estimate of drug-likeness (QED) is 0.594. The van der Waals surface area contributed by atoms with Gasteiger partial charge in [0.05, 0.1) is 6.61 Å². The van der Waals surface area contributed by atoms with Crippen molar-refractivity contribution in [3.8, 4) is 0 Å². The lowest BCUT2D eigenvalue weighted by molar-refractivity contribution is -0.123. The van der Waals surface area contributed by atoms with Crippen LogP contribution in [-0.4, -0.2) is 30.1 Å². The number of nitrogens with one attached hydrogen (secondary N) is 1. The predicted octanol–water partition coefficient (Wildman–Crippen LogP) is 2.68. The van der Waals surface area contributed by atoms with Gasteiger partial charge in [-0.3, -0.25) is 0 Å². The number of hydrogen-bond donors (Lipinski definition) is 2. The van der Waals surface area contributed by atoms with Crippen LogP contribution < -0.4 is 5.32 Å². The van der Waals surface area contributed by atoms with Gasteiger partial charge in [0.1, 0.15) is 0 Å². The first kappa shape index (κ1) is 13.8. The highest BCUT2D eigenvalue weighted by atomic mass is 16.6. The fourth-order valence-corrected chi connectivity index (χ4v) is 6.19. The van der Waals surface area contributed by atoms with E-state index in [-0.39, 0.29) is 0 Å². The van der Waals surface area contributed by atoms with Gasteiger partial charge < -0.3 is 15.2 Å². The van der Waals surface area contributed by atoms with Crippen molar-refractivity contribution >= 4 is 0 Å². The highest BCUT2D eigenvalue weighted by molar-refractivity contribution is 5.14. The molecule has 4 aliphatic carbocycles. The van der Waals surface area contributed by atoms with Gasteiger partial charge in [0.25, 0.3) is 0 Å². The first-order valence-corrected chi connectivity index (χ1v) is 7.87. The van der Waals surface area contributed by atoms with Crippen molar-refractivity contribution in [3.05, 3.63) is 0 Å². The van der Waals surface area contributed by atoms with E-state index in [9.17, 15) is 0 Å². The molecule has 19 heavy (non-hydrogen) atoms. The van der Waals surface area contributed by atoms with Crippen molar-refractivity contribution in [2.75, 3.05) is 13.2 Å². The van der Waals surface area contributed by atoms with E-state index in [4.69, 9.17) is 9.84 Å². The van der Waals surface area contributed by atoms with Crippen LogP contribution in [0.4, 0.5) is 0 Å². The minimum absolute atomic E-state index is 0.352. The zero-order chi connectivity index (χ0) is 13.7. The lowest BCUT2D eigenvalue weighted by Crippen LogP contribution is -2.64. The van der Waals surface area contributed by atoms with Crippen molar-refractivity contribution in [2.24, 2.45) is 16.7 Å². The normalized spacial score (nSPS) is 49.6. The summed E-state index contributed by atoms with van der Waals surface area (Å²) in [6, 6.07) is 0. The van der Waals surface area contributed by atoms with Crippen LogP contribution in [-0.2, 0) is 4.74 Å². The molecule has 0 aromatic rings. The Morgan fingerprint density at radius 2 is 1.79 bits per heavy atom. The van der Waals surface area contributed by atoms with Gasteiger partial charge in [-0.05, 0) is 62.2 Å². The molecule has 110 valence electrons. The molecule has 0 aliphatic heterocycles. The molecule has 0 aromatic heterocycles. The summed E-state index contributed by atoms with van der Waals surface area (Å²) in [6.07, 6.45) is 7.68. The molecule has 0 spiro atoms. The van der Waals surface area contributed by atoms with E-state index in [2.05, 4.69) is 19.2 Å². The third-order valence-electron chi connectivity index (χ3n) is 5.59. The van der Waals surface area contributed by atoms with E-state index in [1.807, 2.05) is 0 Å². The zero-order valence-electron chi connectivity index (χ0n) is 12.7. The van der Waals surface area contributed by atoms with E-state index in [0.29, 0.717) is 23.0 Å². The highest BCUT2D eigenvalue weighted by Crippen LogP contribution is 2.66. The van der Waals surface area contributed by atoms with Crippen LogP contribution in [0.5, 0.6) is 0 Å². The van der Waals surface area contributed by atoms with Crippen molar-refractivity contribution < 1.29 is 9.84 Å². The first-order valence-electron chi connectivity index (χ1n) is 7.87. The van der Waals surface area contributed by atoms with Gasteiger partial charge in [-0.1, -0.05) is 13.8 Å². The van der Waals surface area contributed by atoms with E-state index in [1.54, 1.807) is 6.92 Å². The summed E-state index contributed by atoms with van der Waals surface area (Å²) in [5, 5.41) is 12.9. The zero-order valence-corrected chi connectivity index (χ0v) is 12.7. The molecule has 4 bridgehead atoms. The van der Waals surface area contributed by atoms with Crippen LogP contribution in [0.3, 0.4) is 0 Å². The SMILES string of the molecule is CC(O)OCCNC12CC3CC(C)(CC(C)(C3)C1)C2. The summed E-state index contributed by atoms with van der Waals surface area (Å²) in [5.74, 6) is 0.927. The third kappa shape index (κ3) is 2.70. The number of hydrogen-bond acceptors (Lipinski definition) is 3. The second kappa shape index (κ2) is 4.44. The van der Waals surface area contributed by atoms with Crippen LogP contribution in [0, 0.1) is 16.7 Å². The summed E-state index contributed by atoms with van der Waals surface area (Å²) in [5.41, 5.74) is 1.48. The Morgan fingerprint density at radius 3 is 2.32 bits per heavy atom. The van der Waals surface area contributed by atoms with Crippen molar-refractivity contribution in [1.82, 2.24) is 5.32 Å². The Hall–Kier alpha value is -0.120. The Balaban J connectivity index is 1.64. The van der Waals surface area contributed by atoms with Crippen LogP contribution in [0.1, 0.15) is 59.3 Å². The van der Waals surface area contributed by atoms with Crippen molar-refractivity contribution in [1.29, 1.82) is 0 Å². The average Bonchev–Trinajstić information content (AvgIpc) is 2.18. The minimum Gasteiger partial charge on any atom is -0.368 e. The van der Waals surface area contributed by atoms with E-state index in [1.165, 1.54) is 38.5 Å². The second-order valence-electron chi connectivity index (χ2n) is 8.31. The molecule has 0 radical (unpaired) electrons. The third-order valence-corrected chi connectivity index (χ3v) is 5.59. The first-order chi connectivity index (χ1) is 8.82. The molecule has 0 saturated heterocycles. The molecule has 0 heterocycles. The summed E-state index contributed by atoms with van der Waals surface area (Å²) in [4.78, 5) is 0. The Morgan fingerprint density at radius 1 is 1.16 bits per heavy atom. The molecule has 4 rings (SSSR count). The Bertz CT molecular complexity index is 337. The largest absolute Gasteiger partial charge is 0.368 e. The van der Waals surface area contributed by atoms with Gasteiger partial charge in [-0.15, -0.1) is 0 Å². The molecular weight excluding hydrogens is 238 g/mol. The van der Waals surface area contributed by atoms with Gasteiger partial charge in [0, 0.05) is 12.1 Å². The molecule has 4 saturated carbocycles. The fraction of sp³-hybridized carbons (Fsp3) is 1.00. The average molecular weight is 267 g/mol. The molecule has 4 fully saturated rings. The summed E-state index contributed by atoms with van der Waals surface area (Å²) in [7, 11) is 0. The number of ether oxygens (including phenoxy) is 1. The van der Waals surface area contributed by atoms with E-state index in [0.717, 1.165) is 12.5 Å². The van der Waals surface area contributed by atoms with Crippen LogP contribution in [0.2, 0.25) is 0 Å². The number of aliphatic hydroxyl groups excluding tert-OH is 1. The van der Waals surface area contributed by atoms with Crippen molar-refractivity contribution in [3.63, 3.8) is 0 Å². The van der Waals surface area contributed by atoms with Gasteiger partial charge in [0.15, 0.2) is 6.29 Å². The van der Waals surface area contributed by atoms with E-state index < -0.39 is 6.29 Å². The number of rotatable bonds is 5. The molecule has 3 heteroatoms. The smallest absolute Gasteiger partial charge is 0.151 e. The Kier molecular flexibility index (Phi) is 3.23. The van der Waals surface area contributed by atoms with Crippen molar-refractivity contribution in [2.45, 2.75) is 71.1 Å². The highest BCUT2D eigenvalue weighted by Gasteiger charge is 2.59. The topological polar surface area (TPSA) is 41.5 Å². The molecule has 4 aliphatic rings. The minimum atomic E-state index is -0.645. The maximum absolute atomic E-state index is 9.15. The van der Waals surface area contributed by atoms with Gasteiger partial charge in [-0.2, -0.15) is 0 Å². The van der Waals surface area contributed by atoms with Gasteiger partial charge in [0.2, 0.25) is 0 Å². The summed E-state index contributed by atoms with van der Waals surface area (Å²) in [6.45, 7) is 8.14. The molecule has 0 aromatic carbocycles. The second-order valence-corrected chi connectivity index (χ2v) is 8.31. The lowest BCUT2D eigenvalue weighted by Gasteiger charge is -2.65. The maximum atomic E-state index is 9.15. The van der Waals surface area contributed by atoms with Crippen LogP contribution in [0.15, 0.2) is 0 Å². The van der Waals surface area contributed by atoms with Gasteiger partial charge >= 0.3 is 0 Å². The standard InChI is InChI=1S/C16H29NO2/c1-12(18)19-5-4-17-16-8-13-6-14(2,10-16)9-15(3,7-13)11-16/h12-13,17-18H,4-11H2,1-3H3. The molecule has 2 N–H and O–H groups in total. The predicted molar refractivity (Wildman–Crippen MR) is 75.8 cm³/mol. The van der Waals surface area contributed by atoms with E-state index >= 15 is 0 Å². The molecule has 0 amide bonds. The number of aliphatic hydroxyl groups is 1. The summed E-state index contributed by atoms with van der Waals surface area (Å²) < 4.78 is 5.25. The molecule has 3 nitrogen and oxygen atoms in total. The summed E-state index contributed by atoms with van der Waals surface area (Å²) >= 11 is 0. The fourth-order valence-electron chi connectivity index (χ4n) is 6.19. The monoisotopic (exact) mass is 267 g/mol. The molecule has 3 unspecified atom stereocenters. The lowest BCUT2D eigenvalue weighted by atomic mass is 9.43. The maximum Gasteiger partial charge on any atom is 0.151 e. The molecule has 3 atom stereocenters. The molecular formula is C16H29NO2. The van der Waals surface area contributed by atoms with Crippen LogP contribution in [0.25, 0.3) is 0 Å². The Labute approximate surface area is 117 Å².